The molecule has 0 aliphatic heterocycles. The summed E-state index contributed by atoms with van der Waals surface area (Å²) in [4.78, 5) is 23.1. The van der Waals surface area contributed by atoms with Crippen LogP contribution < -0.4 is 10.6 Å². The van der Waals surface area contributed by atoms with Gasteiger partial charge in [0.25, 0.3) is 5.91 Å². The van der Waals surface area contributed by atoms with Gasteiger partial charge in [0.15, 0.2) is 0 Å². The highest BCUT2D eigenvalue weighted by Crippen LogP contribution is 2.16. The van der Waals surface area contributed by atoms with Crippen molar-refractivity contribution in [3.05, 3.63) is 63.9 Å². The summed E-state index contributed by atoms with van der Waals surface area (Å²) in [6, 6.07) is 11.1. The number of carbonyl (C=O) groups is 2. The molecule has 0 unspecified atom stereocenters. The first-order valence-corrected chi connectivity index (χ1v) is 7.35. The van der Waals surface area contributed by atoms with Crippen LogP contribution in [0, 0.1) is 5.82 Å². The Morgan fingerprint density at radius 1 is 1.18 bits per heavy atom. The second-order valence-electron chi connectivity index (χ2n) is 4.68. The maximum absolute atomic E-state index is 13.6. The van der Waals surface area contributed by atoms with Gasteiger partial charge in [0.05, 0.1) is 0 Å². The Balaban J connectivity index is 2.06. The number of carbonyl (C=O) groups excluding carboxylic acids is 2. The molecule has 0 spiro atoms. The van der Waals surface area contributed by atoms with Gasteiger partial charge in [0.2, 0.25) is 5.91 Å². The third-order valence-corrected chi connectivity index (χ3v) is 3.39. The smallest absolute Gasteiger partial charge is 0.251 e. The van der Waals surface area contributed by atoms with E-state index in [1.54, 1.807) is 36.4 Å². The van der Waals surface area contributed by atoms with Crippen molar-refractivity contribution in [2.24, 2.45) is 0 Å². The van der Waals surface area contributed by atoms with Crippen LogP contribution in [0.5, 0.6) is 0 Å². The second kappa shape index (κ2) is 7.17. The van der Waals surface area contributed by atoms with E-state index in [4.69, 9.17) is 0 Å². The normalized spacial score (nSPS) is 10.1. The number of hydrogen-bond donors (Lipinski definition) is 2. The average molecular weight is 365 g/mol. The van der Waals surface area contributed by atoms with Crippen molar-refractivity contribution in [1.82, 2.24) is 5.32 Å². The van der Waals surface area contributed by atoms with Gasteiger partial charge in [-0.15, -0.1) is 0 Å². The number of halogens is 2. The van der Waals surface area contributed by atoms with Crippen LogP contribution in [0.3, 0.4) is 0 Å². The molecule has 2 N–H and O–H groups in total. The summed E-state index contributed by atoms with van der Waals surface area (Å²) in [6.07, 6.45) is 0. The molecule has 0 aliphatic carbocycles. The van der Waals surface area contributed by atoms with E-state index >= 15 is 0 Å². The highest BCUT2D eigenvalue weighted by atomic mass is 79.9. The zero-order valence-corrected chi connectivity index (χ0v) is 13.4. The molecule has 0 saturated carbocycles. The number of nitrogens with one attached hydrogen (secondary N) is 2. The standard InChI is InChI=1S/C16H14BrFN2O2/c1-10(21)20-14-4-2-3-11(8-14)16(22)19-9-12-7-13(17)5-6-15(12)18/h2-8H,9H2,1H3,(H,19,22)(H,20,21). The molecule has 6 heteroatoms. The minimum atomic E-state index is -0.379. The zero-order valence-electron chi connectivity index (χ0n) is 11.8. The quantitative estimate of drug-likeness (QED) is 0.872. The Morgan fingerprint density at radius 2 is 1.95 bits per heavy atom. The maximum Gasteiger partial charge on any atom is 0.251 e. The Morgan fingerprint density at radius 3 is 2.68 bits per heavy atom. The van der Waals surface area contributed by atoms with Gasteiger partial charge in [-0.2, -0.15) is 0 Å². The molecule has 0 aliphatic rings. The molecular formula is C16H14BrFN2O2. The van der Waals surface area contributed by atoms with Gasteiger partial charge in [-0.3, -0.25) is 9.59 Å². The maximum atomic E-state index is 13.6. The summed E-state index contributed by atoms with van der Waals surface area (Å²) in [7, 11) is 0. The van der Waals surface area contributed by atoms with Crippen LogP contribution in [-0.2, 0) is 11.3 Å². The van der Waals surface area contributed by atoms with E-state index in [9.17, 15) is 14.0 Å². The van der Waals surface area contributed by atoms with Crippen LogP contribution in [0.2, 0.25) is 0 Å². The highest BCUT2D eigenvalue weighted by Gasteiger charge is 2.09. The molecule has 114 valence electrons. The van der Waals surface area contributed by atoms with Crippen LogP contribution in [0.15, 0.2) is 46.9 Å². The van der Waals surface area contributed by atoms with Gasteiger partial charge in [0.1, 0.15) is 5.82 Å². The van der Waals surface area contributed by atoms with E-state index in [-0.39, 0.29) is 24.2 Å². The molecule has 2 amide bonds. The fourth-order valence-electron chi connectivity index (χ4n) is 1.90. The van der Waals surface area contributed by atoms with Gasteiger partial charge >= 0.3 is 0 Å². The number of hydrogen-bond acceptors (Lipinski definition) is 2. The average Bonchev–Trinajstić information content (AvgIpc) is 2.47. The summed E-state index contributed by atoms with van der Waals surface area (Å²) in [6.45, 7) is 1.47. The molecule has 0 saturated heterocycles. The number of amides is 2. The topological polar surface area (TPSA) is 58.2 Å². The van der Waals surface area contributed by atoms with Crippen molar-refractivity contribution in [1.29, 1.82) is 0 Å². The minimum absolute atomic E-state index is 0.0778. The lowest BCUT2D eigenvalue weighted by Gasteiger charge is -2.08. The molecule has 0 atom stereocenters. The first-order valence-electron chi connectivity index (χ1n) is 6.55. The van der Waals surface area contributed by atoms with Crippen molar-refractivity contribution in [2.45, 2.75) is 13.5 Å². The first kappa shape index (κ1) is 16.2. The SMILES string of the molecule is CC(=O)Nc1cccc(C(=O)NCc2cc(Br)ccc2F)c1. The van der Waals surface area contributed by atoms with Crippen LogP contribution in [0.25, 0.3) is 0 Å². The number of rotatable bonds is 4. The lowest BCUT2D eigenvalue weighted by atomic mass is 10.1. The first-order chi connectivity index (χ1) is 10.5. The fourth-order valence-corrected chi connectivity index (χ4v) is 2.31. The van der Waals surface area contributed by atoms with E-state index < -0.39 is 0 Å². The Labute approximate surface area is 135 Å². The third-order valence-electron chi connectivity index (χ3n) is 2.89. The predicted molar refractivity (Wildman–Crippen MR) is 86.0 cm³/mol. The monoisotopic (exact) mass is 364 g/mol. The molecule has 0 bridgehead atoms. The van der Waals surface area contributed by atoms with Crippen molar-refractivity contribution in [3.8, 4) is 0 Å². The minimum Gasteiger partial charge on any atom is -0.348 e. The van der Waals surface area contributed by atoms with Gasteiger partial charge < -0.3 is 10.6 Å². The lowest BCUT2D eigenvalue weighted by molar-refractivity contribution is -0.114. The van der Waals surface area contributed by atoms with Crippen LogP contribution in [0.1, 0.15) is 22.8 Å². The summed E-state index contributed by atoms with van der Waals surface area (Å²) >= 11 is 3.26. The zero-order chi connectivity index (χ0) is 16.1. The fraction of sp³-hybridized carbons (Fsp3) is 0.125. The molecule has 0 aromatic heterocycles. The van der Waals surface area contributed by atoms with E-state index in [1.807, 2.05) is 0 Å². The summed E-state index contributed by atoms with van der Waals surface area (Å²) in [5, 5.41) is 5.26. The van der Waals surface area contributed by atoms with Crippen LogP contribution >= 0.6 is 15.9 Å². The van der Waals surface area contributed by atoms with Crippen LogP contribution in [0.4, 0.5) is 10.1 Å². The molecule has 0 fully saturated rings. The van der Waals surface area contributed by atoms with E-state index in [0.717, 1.165) is 4.47 Å². The summed E-state index contributed by atoms with van der Waals surface area (Å²) in [5.41, 5.74) is 1.32. The Bertz CT molecular complexity index is 719. The molecule has 2 aromatic rings. The predicted octanol–water partition coefficient (Wildman–Crippen LogP) is 3.48. The van der Waals surface area contributed by atoms with Crippen molar-refractivity contribution in [2.75, 3.05) is 5.32 Å². The van der Waals surface area contributed by atoms with E-state index in [2.05, 4.69) is 26.6 Å². The number of benzene rings is 2. The molecular weight excluding hydrogens is 351 g/mol. The molecule has 2 aromatic carbocycles. The van der Waals surface area contributed by atoms with Crippen molar-refractivity contribution in [3.63, 3.8) is 0 Å². The van der Waals surface area contributed by atoms with Gasteiger partial charge in [-0.25, -0.2) is 4.39 Å². The molecule has 2 rings (SSSR count). The molecule has 4 nitrogen and oxygen atoms in total. The second-order valence-corrected chi connectivity index (χ2v) is 5.60. The highest BCUT2D eigenvalue weighted by molar-refractivity contribution is 9.10. The van der Waals surface area contributed by atoms with E-state index in [1.165, 1.54) is 13.0 Å². The van der Waals surface area contributed by atoms with Crippen molar-refractivity contribution < 1.29 is 14.0 Å². The summed E-state index contributed by atoms with van der Waals surface area (Å²) in [5.74, 6) is -0.934. The van der Waals surface area contributed by atoms with Gasteiger partial charge in [0, 0.05) is 34.8 Å². The number of anilines is 1. The molecule has 22 heavy (non-hydrogen) atoms. The van der Waals surface area contributed by atoms with Gasteiger partial charge in [-0.1, -0.05) is 22.0 Å². The molecule has 0 radical (unpaired) electrons. The summed E-state index contributed by atoms with van der Waals surface area (Å²) < 4.78 is 14.4. The third kappa shape index (κ3) is 4.39. The van der Waals surface area contributed by atoms with Crippen molar-refractivity contribution >= 4 is 33.4 Å². The molecule has 0 heterocycles. The Hall–Kier alpha value is -2.21. The van der Waals surface area contributed by atoms with Crippen LogP contribution in [-0.4, -0.2) is 11.8 Å². The Kier molecular flexibility index (Phi) is 5.27. The largest absolute Gasteiger partial charge is 0.348 e. The lowest BCUT2D eigenvalue weighted by Crippen LogP contribution is -2.23. The van der Waals surface area contributed by atoms with Gasteiger partial charge in [-0.05, 0) is 36.4 Å². The van der Waals surface area contributed by atoms with E-state index in [0.29, 0.717) is 16.8 Å².